The van der Waals surface area contributed by atoms with Crippen molar-refractivity contribution >= 4 is 11.7 Å². The number of carbonyl (C=O) groups excluding carboxylic acids is 2. The molecule has 0 spiro atoms. The van der Waals surface area contributed by atoms with Crippen molar-refractivity contribution in [1.82, 2.24) is 4.90 Å². The second-order valence-electron chi connectivity index (χ2n) is 6.50. The Morgan fingerprint density at radius 3 is 2.62 bits per heavy atom. The number of carbonyl (C=O) groups is 2. The number of ketones is 1. The molecule has 0 aromatic carbocycles. The zero-order valence-corrected chi connectivity index (χ0v) is 15.0. The normalized spacial score (nSPS) is 27.0. The summed E-state index contributed by atoms with van der Waals surface area (Å²) in [4.78, 5) is 26.5. The topological polar surface area (TPSA) is 55.8 Å². The molecule has 0 aromatic heterocycles. The maximum Gasteiger partial charge on any atom is 0.239 e. The third-order valence-corrected chi connectivity index (χ3v) is 4.44. The molecular formula is C19H29NO4. The van der Waals surface area contributed by atoms with Crippen molar-refractivity contribution in [3.8, 4) is 0 Å². The van der Waals surface area contributed by atoms with Crippen LogP contribution in [0.1, 0.15) is 52.9 Å². The highest BCUT2D eigenvalue weighted by Crippen LogP contribution is 2.27. The van der Waals surface area contributed by atoms with Crippen molar-refractivity contribution in [3.05, 3.63) is 23.9 Å². The van der Waals surface area contributed by atoms with Crippen LogP contribution in [0.5, 0.6) is 0 Å². The minimum atomic E-state index is -0.563. The van der Waals surface area contributed by atoms with Crippen molar-refractivity contribution in [2.24, 2.45) is 5.92 Å². The lowest BCUT2D eigenvalue weighted by atomic mass is 9.89. The van der Waals surface area contributed by atoms with Gasteiger partial charge in [0.15, 0.2) is 12.0 Å². The molecule has 2 aliphatic rings. The summed E-state index contributed by atoms with van der Waals surface area (Å²) in [7, 11) is 0. The zero-order chi connectivity index (χ0) is 17.5. The first-order valence-corrected chi connectivity index (χ1v) is 9.04. The van der Waals surface area contributed by atoms with E-state index in [0.717, 1.165) is 32.3 Å². The Balaban J connectivity index is 1.95. The van der Waals surface area contributed by atoms with E-state index in [1.807, 2.05) is 12.2 Å². The Hall–Kier alpha value is -1.46. The molecule has 0 radical (unpaired) electrons. The maximum atomic E-state index is 12.7. The fourth-order valence-corrected chi connectivity index (χ4v) is 2.95. The third kappa shape index (κ3) is 4.54. The van der Waals surface area contributed by atoms with Gasteiger partial charge in [-0.2, -0.15) is 0 Å². The van der Waals surface area contributed by atoms with Gasteiger partial charge in [-0.25, -0.2) is 0 Å². The fourth-order valence-electron chi connectivity index (χ4n) is 2.95. The van der Waals surface area contributed by atoms with Crippen LogP contribution in [-0.2, 0) is 19.1 Å². The number of nitrogens with zero attached hydrogens (tertiary/aromatic N) is 1. The van der Waals surface area contributed by atoms with Gasteiger partial charge in [-0.15, -0.1) is 0 Å². The molecule has 3 atom stereocenters. The molecule has 0 aliphatic carbocycles. The van der Waals surface area contributed by atoms with Gasteiger partial charge >= 0.3 is 0 Å². The van der Waals surface area contributed by atoms with Gasteiger partial charge in [0, 0.05) is 18.4 Å². The van der Waals surface area contributed by atoms with E-state index < -0.39 is 12.1 Å². The number of hydrogen-bond acceptors (Lipinski definition) is 4. The SMILES string of the molecule is CCCCOC[C@@H]1C=C[C@H](N2C=C(C)C(=O)C(CCCC)C2=O)O1. The van der Waals surface area contributed by atoms with E-state index >= 15 is 0 Å². The van der Waals surface area contributed by atoms with Crippen LogP contribution in [0.3, 0.4) is 0 Å². The molecule has 24 heavy (non-hydrogen) atoms. The maximum absolute atomic E-state index is 12.7. The van der Waals surface area contributed by atoms with Crippen LogP contribution < -0.4 is 0 Å². The van der Waals surface area contributed by atoms with E-state index in [0.29, 0.717) is 18.6 Å². The predicted molar refractivity (Wildman–Crippen MR) is 92.2 cm³/mol. The first-order valence-electron chi connectivity index (χ1n) is 9.04. The molecule has 2 rings (SSSR count). The van der Waals surface area contributed by atoms with Gasteiger partial charge in [0.05, 0.1) is 6.61 Å². The van der Waals surface area contributed by atoms with Crippen LogP contribution >= 0.6 is 0 Å². The summed E-state index contributed by atoms with van der Waals surface area (Å²) in [6, 6.07) is 0. The van der Waals surface area contributed by atoms with Crippen molar-refractivity contribution in [2.45, 2.75) is 65.2 Å². The summed E-state index contributed by atoms with van der Waals surface area (Å²) in [6.45, 7) is 7.17. The zero-order valence-electron chi connectivity index (χ0n) is 15.0. The quantitative estimate of drug-likeness (QED) is 0.369. The van der Waals surface area contributed by atoms with Crippen LogP contribution in [0, 0.1) is 5.92 Å². The molecule has 1 amide bonds. The van der Waals surface area contributed by atoms with E-state index in [-0.39, 0.29) is 17.8 Å². The molecule has 1 unspecified atom stereocenters. The summed E-state index contributed by atoms with van der Waals surface area (Å²) in [5.74, 6) is -0.765. The lowest BCUT2D eigenvalue weighted by Crippen LogP contribution is -2.46. The highest BCUT2D eigenvalue weighted by molar-refractivity contribution is 6.12. The van der Waals surface area contributed by atoms with Crippen LogP contribution in [0.25, 0.3) is 0 Å². The standard InChI is InChI=1S/C19H29NO4/c1-4-6-8-16-18(21)14(3)12-20(19(16)22)17-10-9-15(24-17)13-23-11-7-5-2/h9-10,12,15-17H,4-8,11,13H2,1-3H3/t15-,16?,17+/m0/s1. The number of Topliss-reactive ketones (excluding diaryl/α,β-unsaturated/α-hetero) is 1. The highest BCUT2D eigenvalue weighted by atomic mass is 16.5. The predicted octanol–water partition coefficient (Wildman–Crippen LogP) is 3.21. The molecular weight excluding hydrogens is 306 g/mol. The van der Waals surface area contributed by atoms with Crippen molar-refractivity contribution in [2.75, 3.05) is 13.2 Å². The lowest BCUT2D eigenvalue weighted by molar-refractivity contribution is -0.148. The molecule has 5 heteroatoms. The van der Waals surface area contributed by atoms with Gasteiger partial charge in [-0.05, 0) is 25.8 Å². The molecule has 134 valence electrons. The van der Waals surface area contributed by atoms with Gasteiger partial charge in [0.2, 0.25) is 5.91 Å². The van der Waals surface area contributed by atoms with Gasteiger partial charge in [0.25, 0.3) is 0 Å². The number of allylic oxidation sites excluding steroid dienone is 1. The first-order chi connectivity index (χ1) is 11.6. The van der Waals surface area contributed by atoms with E-state index in [9.17, 15) is 9.59 Å². The highest BCUT2D eigenvalue weighted by Gasteiger charge is 2.38. The average Bonchev–Trinajstić information content (AvgIpc) is 3.04. The minimum absolute atomic E-state index is 0.0499. The summed E-state index contributed by atoms with van der Waals surface area (Å²) >= 11 is 0. The first kappa shape index (κ1) is 18.9. The molecule has 0 N–H and O–H groups in total. The smallest absolute Gasteiger partial charge is 0.239 e. The fraction of sp³-hybridized carbons (Fsp3) is 0.684. The largest absolute Gasteiger partial charge is 0.378 e. The van der Waals surface area contributed by atoms with E-state index in [1.54, 1.807) is 18.0 Å². The number of ether oxygens (including phenoxy) is 2. The Morgan fingerprint density at radius 1 is 1.17 bits per heavy atom. The average molecular weight is 335 g/mol. The molecule has 5 nitrogen and oxygen atoms in total. The molecule has 2 heterocycles. The molecule has 2 aliphatic heterocycles. The Bertz CT molecular complexity index is 511. The molecule has 0 saturated heterocycles. The number of hydrogen-bond donors (Lipinski definition) is 0. The molecule has 0 fully saturated rings. The number of rotatable bonds is 9. The molecule has 0 aromatic rings. The minimum Gasteiger partial charge on any atom is -0.378 e. The van der Waals surface area contributed by atoms with Crippen LogP contribution in [-0.4, -0.2) is 42.1 Å². The summed E-state index contributed by atoms with van der Waals surface area (Å²) < 4.78 is 11.5. The van der Waals surface area contributed by atoms with Gasteiger partial charge in [-0.3, -0.25) is 14.5 Å². The summed E-state index contributed by atoms with van der Waals surface area (Å²) in [5.41, 5.74) is 0.621. The van der Waals surface area contributed by atoms with Crippen molar-refractivity contribution in [3.63, 3.8) is 0 Å². The van der Waals surface area contributed by atoms with Crippen LogP contribution in [0.15, 0.2) is 23.9 Å². The van der Waals surface area contributed by atoms with E-state index in [4.69, 9.17) is 9.47 Å². The molecule has 0 bridgehead atoms. The van der Waals surface area contributed by atoms with Crippen molar-refractivity contribution < 1.29 is 19.1 Å². The number of amides is 1. The van der Waals surface area contributed by atoms with Crippen LogP contribution in [0.4, 0.5) is 0 Å². The molecule has 0 saturated carbocycles. The Kier molecular flexibility index (Phi) is 7.18. The Labute approximate surface area is 144 Å². The van der Waals surface area contributed by atoms with E-state index in [1.165, 1.54) is 0 Å². The summed E-state index contributed by atoms with van der Waals surface area (Å²) in [6.07, 6.45) is 9.45. The second kappa shape index (κ2) is 9.14. The van der Waals surface area contributed by atoms with Gasteiger partial charge in [-0.1, -0.05) is 39.2 Å². The Morgan fingerprint density at radius 2 is 1.92 bits per heavy atom. The third-order valence-electron chi connectivity index (χ3n) is 4.44. The lowest BCUT2D eigenvalue weighted by Gasteiger charge is -2.32. The van der Waals surface area contributed by atoms with Crippen molar-refractivity contribution in [1.29, 1.82) is 0 Å². The van der Waals surface area contributed by atoms with E-state index in [2.05, 4.69) is 13.8 Å². The van der Waals surface area contributed by atoms with Gasteiger partial charge < -0.3 is 9.47 Å². The van der Waals surface area contributed by atoms with Gasteiger partial charge in [0.1, 0.15) is 12.0 Å². The second-order valence-corrected chi connectivity index (χ2v) is 6.50. The number of unbranched alkanes of at least 4 members (excludes halogenated alkanes) is 2. The summed E-state index contributed by atoms with van der Waals surface area (Å²) in [5, 5.41) is 0. The monoisotopic (exact) mass is 335 g/mol. The van der Waals surface area contributed by atoms with Crippen LogP contribution in [0.2, 0.25) is 0 Å².